The van der Waals surface area contributed by atoms with Gasteiger partial charge in [0, 0.05) is 27.6 Å². The number of nitrogens with one attached hydrogen (secondary N) is 1. The van der Waals surface area contributed by atoms with Gasteiger partial charge in [-0.25, -0.2) is 20.0 Å². The van der Waals surface area contributed by atoms with Gasteiger partial charge < -0.3 is 5.32 Å². The first-order valence-corrected chi connectivity index (χ1v) is 10.7. The number of para-hydroxylation sites is 2. The number of thiazole rings is 2. The summed E-state index contributed by atoms with van der Waals surface area (Å²) in [6, 6.07) is 24.3. The minimum absolute atomic E-state index is 0. The van der Waals surface area contributed by atoms with Crippen LogP contribution in [0.5, 0.6) is 0 Å². The minimum Gasteiger partial charge on any atom is -0.324 e. The molecule has 5 aromatic rings. The number of hydrogen-bond donors (Lipinski definition) is 1. The van der Waals surface area contributed by atoms with E-state index < -0.39 is 0 Å². The van der Waals surface area contributed by atoms with Crippen molar-refractivity contribution in [2.75, 3.05) is 0 Å². The third-order valence-corrected chi connectivity index (χ3v) is 6.51. The first-order chi connectivity index (χ1) is 14.3. The van der Waals surface area contributed by atoms with Crippen LogP contribution in [-0.4, -0.2) is 21.6 Å². The van der Waals surface area contributed by atoms with Gasteiger partial charge >= 0.3 is 0 Å². The number of nitrogens with zero attached hydrogens (tertiary/aromatic N) is 4. The molecular weight excluding hydrogens is 457 g/mol. The van der Waals surface area contributed by atoms with Gasteiger partial charge in [0.25, 0.3) is 0 Å². The molecule has 3 heterocycles. The van der Waals surface area contributed by atoms with Gasteiger partial charge in [0.15, 0.2) is 0 Å². The van der Waals surface area contributed by atoms with Crippen LogP contribution in [0.2, 0.25) is 0 Å². The van der Waals surface area contributed by atoms with Crippen LogP contribution in [-0.2, 0) is 16.5 Å². The predicted octanol–water partition coefficient (Wildman–Crippen LogP) is 5.66. The quantitative estimate of drug-likeness (QED) is 0.339. The number of aliphatic imine (C=N–C) groups is 2. The SMILES string of the molecule is [Ni].c1ccc2c(c1)/C(=N/c1nc3ccccc3s1)N/C2=N/c1nc2ccccc2s1. The summed E-state index contributed by atoms with van der Waals surface area (Å²) < 4.78 is 2.25. The molecule has 0 bridgehead atoms. The molecule has 0 atom stereocenters. The van der Waals surface area contributed by atoms with Crippen LogP contribution >= 0.6 is 22.7 Å². The normalized spacial score (nSPS) is 15.5. The Morgan fingerprint density at radius 2 is 1.03 bits per heavy atom. The third-order valence-electron chi connectivity index (χ3n) is 4.65. The molecule has 3 aromatic carbocycles. The van der Waals surface area contributed by atoms with Crippen LogP contribution in [0.25, 0.3) is 20.4 Å². The van der Waals surface area contributed by atoms with Crippen LogP contribution in [0, 0.1) is 0 Å². The van der Waals surface area contributed by atoms with Crippen LogP contribution in [0.15, 0.2) is 82.8 Å². The fourth-order valence-electron chi connectivity index (χ4n) is 3.33. The van der Waals surface area contributed by atoms with E-state index in [1.165, 1.54) is 0 Å². The van der Waals surface area contributed by atoms with E-state index in [-0.39, 0.29) is 16.5 Å². The van der Waals surface area contributed by atoms with E-state index in [2.05, 4.69) is 39.6 Å². The molecule has 0 fully saturated rings. The maximum atomic E-state index is 4.79. The van der Waals surface area contributed by atoms with E-state index in [0.717, 1.165) is 53.5 Å². The maximum absolute atomic E-state index is 4.79. The Morgan fingerprint density at radius 3 is 1.50 bits per heavy atom. The molecule has 0 unspecified atom stereocenters. The van der Waals surface area contributed by atoms with Crippen molar-refractivity contribution < 1.29 is 16.5 Å². The van der Waals surface area contributed by atoms with Gasteiger partial charge in [-0.1, -0.05) is 71.2 Å². The zero-order chi connectivity index (χ0) is 19.2. The summed E-state index contributed by atoms with van der Waals surface area (Å²) in [5.74, 6) is 1.53. The fourth-order valence-corrected chi connectivity index (χ4v) is 5.01. The van der Waals surface area contributed by atoms with Crippen LogP contribution in [0.3, 0.4) is 0 Å². The average Bonchev–Trinajstić information content (AvgIpc) is 3.43. The summed E-state index contributed by atoms with van der Waals surface area (Å²) in [7, 11) is 0. The molecule has 8 heteroatoms. The first kappa shape index (κ1) is 19.1. The molecule has 1 aliphatic heterocycles. The van der Waals surface area contributed by atoms with Crippen molar-refractivity contribution >= 4 is 65.0 Å². The Bertz CT molecular complexity index is 1280. The van der Waals surface area contributed by atoms with Gasteiger partial charge in [0.2, 0.25) is 10.3 Å². The molecule has 0 aliphatic carbocycles. The molecule has 0 spiro atoms. The van der Waals surface area contributed by atoms with Gasteiger partial charge in [-0.2, -0.15) is 0 Å². The monoisotopic (exact) mass is 469 g/mol. The summed E-state index contributed by atoms with van der Waals surface area (Å²) >= 11 is 3.16. The van der Waals surface area contributed by atoms with E-state index in [4.69, 9.17) is 9.98 Å². The number of fused-ring (bicyclic) bond motifs is 3. The fraction of sp³-hybridized carbons (Fsp3) is 0. The number of aromatic nitrogens is 2. The third kappa shape index (κ3) is 3.33. The van der Waals surface area contributed by atoms with Crippen LogP contribution in [0.1, 0.15) is 11.1 Å². The second-order valence-corrected chi connectivity index (χ2v) is 8.54. The Morgan fingerprint density at radius 1 is 0.600 bits per heavy atom. The Hall–Kier alpha value is -2.93. The van der Waals surface area contributed by atoms with Gasteiger partial charge in [-0.15, -0.1) is 0 Å². The molecule has 0 radical (unpaired) electrons. The van der Waals surface area contributed by atoms with Crippen molar-refractivity contribution in [2.24, 2.45) is 9.98 Å². The topological polar surface area (TPSA) is 62.5 Å². The van der Waals surface area contributed by atoms with Crippen molar-refractivity contribution in [3.63, 3.8) is 0 Å². The van der Waals surface area contributed by atoms with Gasteiger partial charge in [-0.05, 0) is 24.3 Å². The molecular formula is C22H13N5NiS2. The van der Waals surface area contributed by atoms with E-state index in [9.17, 15) is 0 Å². The molecule has 1 N–H and O–H groups in total. The van der Waals surface area contributed by atoms with Crippen LogP contribution < -0.4 is 5.32 Å². The van der Waals surface area contributed by atoms with Crippen molar-refractivity contribution in [1.29, 1.82) is 0 Å². The van der Waals surface area contributed by atoms with Gasteiger partial charge in [0.05, 0.1) is 20.4 Å². The summed E-state index contributed by atoms with van der Waals surface area (Å²) in [5.41, 5.74) is 3.97. The van der Waals surface area contributed by atoms with E-state index in [1.807, 2.05) is 48.5 Å². The van der Waals surface area contributed by atoms with Gasteiger partial charge in [0.1, 0.15) is 11.7 Å². The number of hydrogen-bond acceptors (Lipinski definition) is 6. The molecule has 0 amide bonds. The Balaban J connectivity index is 0.00000193. The van der Waals surface area contributed by atoms with Gasteiger partial charge in [-0.3, -0.25) is 0 Å². The molecule has 5 nitrogen and oxygen atoms in total. The number of benzene rings is 3. The molecule has 1 aliphatic rings. The average molecular weight is 470 g/mol. The maximum Gasteiger partial charge on any atom is 0.212 e. The first-order valence-electron chi connectivity index (χ1n) is 9.09. The summed E-state index contributed by atoms with van der Waals surface area (Å²) in [6.45, 7) is 0. The predicted molar refractivity (Wildman–Crippen MR) is 121 cm³/mol. The van der Waals surface area contributed by atoms with E-state index in [0.29, 0.717) is 0 Å². The van der Waals surface area contributed by atoms with Crippen molar-refractivity contribution in [2.45, 2.75) is 0 Å². The smallest absolute Gasteiger partial charge is 0.212 e. The second kappa shape index (κ2) is 7.72. The van der Waals surface area contributed by atoms with Crippen molar-refractivity contribution in [3.8, 4) is 0 Å². The Kier molecular flexibility index (Phi) is 4.91. The number of rotatable bonds is 2. The zero-order valence-electron chi connectivity index (χ0n) is 15.3. The Labute approximate surface area is 190 Å². The van der Waals surface area contributed by atoms with E-state index >= 15 is 0 Å². The summed E-state index contributed by atoms with van der Waals surface area (Å²) in [5, 5.41) is 4.83. The van der Waals surface area contributed by atoms with E-state index in [1.54, 1.807) is 22.7 Å². The molecule has 148 valence electrons. The standard InChI is InChI=1S/C22H13N5S2.Ni/c1-2-8-14-13(7-1)19(26-21-23-15-9-3-5-11-17(15)28-21)25-20(14)27-22-24-16-10-4-6-12-18(16)29-22;/h1-12H,(H,23,24,25,26,27);. The summed E-state index contributed by atoms with van der Waals surface area (Å²) in [6.07, 6.45) is 0. The molecule has 0 saturated heterocycles. The molecule has 6 rings (SSSR count). The van der Waals surface area contributed by atoms with Crippen molar-refractivity contribution in [3.05, 3.63) is 83.9 Å². The number of amidine groups is 2. The largest absolute Gasteiger partial charge is 0.324 e. The van der Waals surface area contributed by atoms with Crippen LogP contribution in [0.4, 0.5) is 10.3 Å². The second-order valence-electron chi connectivity index (χ2n) is 6.52. The summed E-state index contributed by atoms with van der Waals surface area (Å²) in [4.78, 5) is 18.8. The van der Waals surface area contributed by atoms with Crippen molar-refractivity contribution in [1.82, 2.24) is 15.3 Å². The zero-order valence-corrected chi connectivity index (χ0v) is 18.0. The molecule has 0 saturated carbocycles. The molecule has 2 aromatic heterocycles. The minimum atomic E-state index is 0. The molecule has 30 heavy (non-hydrogen) atoms.